The van der Waals surface area contributed by atoms with Gasteiger partial charge in [0.25, 0.3) is 0 Å². The number of ether oxygens (including phenoxy) is 2. The molecule has 1 rings (SSSR count). The van der Waals surface area contributed by atoms with Crippen LogP contribution in [0.4, 0.5) is 0 Å². The van der Waals surface area contributed by atoms with Crippen molar-refractivity contribution in [3.63, 3.8) is 0 Å². The van der Waals surface area contributed by atoms with Crippen LogP contribution in [0, 0.1) is 0 Å². The van der Waals surface area contributed by atoms with Gasteiger partial charge >= 0.3 is 5.97 Å². The van der Waals surface area contributed by atoms with Crippen molar-refractivity contribution in [3.8, 4) is 0 Å². The van der Waals surface area contributed by atoms with Crippen LogP contribution in [-0.2, 0) is 14.3 Å². The Morgan fingerprint density at radius 3 is 2.47 bits per heavy atom. The standard InChI is InChI=1S/C7H12O2.C6H12O2/c1-4-6-5-8-7(2,3)9-6;1-2-3-4-5-6(7)8/h4,6H,1,5H2,2-3H3;2-5H2,1H3,(H,7,8). The Kier molecular flexibility index (Phi) is 7.83. The van der Waals surface area contributed by atoms with Crippen molar-refractivity contribution in [1.29, 1.82) is 0 Å². The Labute approximate surface area is 104 Å². The predicted molar refractivity (Wildman–Crippen MR) is 66.9 cm³/mol. The number of hydrogen-bond donors (Lipinski definition) is 1. The summed E-state index contributed by atoms with van der Waals surface area (Å²) in [5, 5.41) is 8.14. The molecule has 1 atom stereocenters. The average molecular weight is 244 g/mol. The first kappa shape index (κ1) is 16.1. The van der Waals surface area contributed by atoms with Crippen molar-refractivity contribution >= 4 is 5.97 Å². The van der Waals surface area contributed by atoms with E-state index in [1.165, 1.54) is 0 Å². The number of unbranched alkanes of at least 4 members (excludes halogenated alkanes) is 2. The molecule has 4 heteroatoms. The molecule has 1 unspecified atom stereocenters. The Balaban J connectivity index is 0.000000304. The third kappa shape index (κ3) is 8.89. The molecule has 1 heterocycles. The maximum Gasteiger partial charge on any atom is 0.303 e. The van der Waals surface area contributed by atoms with E-state index >= 15 is 0 Å². The van der Waals surface area contributed by atoms with E-state index in [0.29, 0.717) is 13.0 Å². The molecule has 100 valence electrons. The molecule has 1 aliphatic heterocycles. The summed E-state index contributed by atoms with van der Waals surface area (Å²) in [5.41, 5.74) is 0. The van der Waals surface area contributed by atoms with Crippen LogP contribution in [0.15, 0.2) is 12.7 Å². The number of hydrogen-bond acceptors (Lipinski definition) is 3. The van der Waals surface area contributed by atoms with E-state index in [1.807, 2.05) is 13.8 Å². The number of carboxylic acids is 1. The molecule has 0 aromatic heterocycles. The Morgan fingerprint density at radius 2 is 2.18 bits per heavy atom. The minimum Gasteiger partial charge on any atom is -0.481 e. The van der Waals surface area contributed by atoms with Crippen molar-refractivity contribution in [3.05, 3.63) is 12.7 Å². The highest BCUT2D eigenvalue weighted by molar-refractivity contribution is 5.66. The third-order valence-electron chi connectivity index (χ3n) is 2.29. The van der Waals surface area contributed by atoms with Crippen LogP contribution in [0.3, 0.4) is 0 Å². The lowest BCUT2D eigenvalue weighted by molar-refractivity contribution is -0.137. The molecular weight excluding hydrogens is 220 g/mol. The highest BCUT2D eigenvalue weighted by atomic mass is 16.7. The van der Waals surface area contributed by atoms with Gasteiger partial charge in [-0.3, -0.25) is 4.79 Å². The zero-order valence-electron chi connectivity index (χ0n) is 11.1. The molecule has 1 saturated heterocycles. The lowest BCUT2D eigenvalue weighted by atomic mass is 10.2. The highest BCUT2D eigenvalue weighted by Gasteiger charge is 2.30. The van der Waals surface area contributed by atoms with Gasteiger partial charge in [0, 0.05) is 6.42 Å². The summed E-state index contributed by atoms with van der Waals surface area (Å²) in [5.74, 6) is -1.09. The molecule has 1 aliphatic rings. The van der Waals surface area contributed by atoms with Gasteiger partial charge in [-0.15, -0.1) is 6.58 Å². The Morgan fingerprint density at radius 1 is 1.53 bits per heavy atom. The van der Waals surface area contributed by atoms with E-state index < -0.39 is 11.8 Å². The molecule has 0 aliphatic carbocycles. The second kappa shape index (κ2) is 8.25. The van der Waals surface area contributed by atoms with Crippen molar-refractivity contribution in [2.75, 3.05) is 6.61 Å². The summed E-state index contributed by atoms with van der Waals surface area (Å²) in [6.07, 6.45) is 5.12. The first-order chi connectivity index (χ1) is 7.91. The fourth-order valence-corrected chi connectivity index (χ4v) is 1.36. The molecule has 0 bridgehead atoms. The molecule has 4 nitrogen and oxygen atoms in total. The minimum atomic E-state index is -0.682. The van der Waals surface area contributed by atoms with E-state index in [2.05, 4.69) is 13.5 Å². The maximum atomic E-state index is 9.87. The molecule has 0 saturated carbocycles. The minimum absolute atomic E-state index is 0.0833. The van der Waals surface area contributed by atoms with Crippen LogP contribution >= 0.6 is 0 Å². The maximum absolute atomic E-state index is 9.87. The summed E-state index contributed by atoms with van der Waals surface area (Å²) in [7, 11) is 0. The molecule has 0 radical (unpaired) electrons. The van der Waals surface area contributed by atoms with Gasteiger partial charge in [-0.2, -0.15) is 0 Å². The SMILES string of the molecule is C=CC1COC(C)(C)O1.CCCCCC(=O)O. The Bertz CT molecular complexity index is 236. The van der Waals surface area contributed by atoms with Gasteiger partial charge in [-0.1, -0.05) is 25.8 Å². The second-order valence-electron chi connectivity index (χ2n) is 4.45. The first-order valence-corrected chi connectivity index (χ1v) is 6.07. The third-order valence-corrected chi connectivity index (χ3v) is 2.29. The monoisotopic (exact) mass is 244 g/mol. The number of carbonyl (C=O) groups is 1. The zero-order valence-corrected chi connectivity index (χ0v) is 11.1. The van der Waals surface area contributed by atoms with Gasteiger partial charge in [0.1, 0.15) is 6.10 Å². The highest BCUT2D eigenvalue weighted by Crippen LogP contribution is 2.22. The van der Waals surface area contributed by atoms with E-state index in [9.17, 15) is 4.79 Å². The first-order valence-electron chi connectivity index (χ1n) is 6.07. The largest absolute Gasteiger partial charge is 0.481 e. The van der Waals surface area contributed by atoms with Crippen LogP contribution in [-0.4, -0.2) is 29.6 Å². The quantitative estimate of drug-likeness (QED) is 0.596. The van der Waals surface area contributed by atoms with Gasteiger partial charge in [0.15, 0.2) is 5.79 Å². The van der Waals surface area contributed by atoms with Crippen LogP contribution in [0.5, 0.6) is 0 Å². The van der Waals surface area contributed by atoms with Gasteiger partial charge in [-0.05, 0) is 20.3 Å². The van der Waals surface area contributed by atoms with Crippen molar-refractivity contribution < 1.29 is 19.4 Å². The molecule has 0 aromatic carbocycles. The average Bonchev–Trinajstić information content (AvgIpc) is 2.59. The molecule has 0 amide bonds. The summed E-state index contributed by atoms with van der Waals surface area (Å²) in [6.45, 7) is 10.1. The molecular formula is C13H24O4. The fraction of sp³-hybridized carbons (Fsp3) is 0.769. The van der Waals surface area contributed by atoms with Gasteiger partial charge in [-0.25, -0.2) is 0 Å². The second-order valence-corrected chi connectivity index (χ2v) is 4.45. The van der Waals surface area contributed by atoms with Crippen molar-refractivity contribution in [2.24, 2.45) is 0 Å². The number of rotatable bonds is 5. The van der Waals surface area contributed by atoms with Crippen molar-refractivity contribution in [1.82, 2.24) is 0 Å². The van der Waals surface area contributed by atoms with Gasteiger partial charge < -0.3 is 14.6 Å². The predicted octanol–water partition coefficient (Wildman–Crippen LogP) is 2.98. The van der Waals surface area contributed by atoms with Crippen LogP contribution in [0.25, 0.3) is 0 Å². The normalized spacial score (nSPS) is 21.5. The van der Waals surface area contributed by atoms with E-state index in [4.69, 9.17) is 14.6 Å². The smallest absolute Gasteiger partial charge is 0.303 e. The summed E-state index contributed by atoms with van der Waals surface area (Å²) in [6, 6.07) is 0. The summed E-state index contributed by atoms with van der Waals surface area (Å²) < 4.78 is 10.6. The van der Waals surface area contributed by atoms with E-state index in [-0.39, 0.29) is 6.10 Å². The molecule has 1 N–H and O–H groups in total. The Hall–Kier alpha value is -0.870. The fourth-order valence-electron chi connectivity index (χ4n) is 1.36. The molecule has 0 spiro atoms. The van der Waals surface area contributed by atoms with Crippen molar-refractivity contribution in [2.45, 2.75) is 58.3 Å². The number of carboxylic acid groups (broad SMARTS) is 1. The number of aliphatic carboxylic acids is 1. The molecule has 0 aromatic rings. The van der Waals surface area contributed by atoms with E-state index in [1.54, 1.807) is 6.08 Å². The van der Waals surface area contributed by atoms with Gasteiger partial charge in [0.2, 0.25) is 0 Å². The lowest BCUT2D eigenvalue weighted by Gasteiger charge is -2.15. The zero-order chi connectivity index (χ0) is 13.3. The van der Waals surface area contributed by atoms with Crippen LogP contribution < -0.4 is 0 Å². The topological polar surface area (TPSA) is 55.8 Å². The van der Waals surface area contributed by atoms with E-state index in [0.717, 1.165) is 19.3 Å². The van der Waals surface area contributed by atoms with Gasteiger partial charge in [0.05, 0.1) is 6.61 Å². The lowest BCUT2D eigenvalue weighted by Crippen LogP contribution is -2.20. The van der Waals surface area contributed by atoms with Crippen LogP contribution in [0.2, 0.25) is 0 Å². The molecule has 1 fully saturated rings. The molecule has 17 heavy (non-hydrogen) atoms. The van der Waals surface area contributed by atoms with Crippen LogP contribution in [0.1, 0.15) is 46.5 Å². The summed E-state index contributed by atoms with van der Waals surface area (Å²) in [4.78, 5) is 9.87. The summed E-state index contributed by atoms with van der Waals surface area (Å²) >= 11 is 0.